The first-order valence-electron chi connectivity index (χ1n) is 6.33. The van der Waals surface area contributed by atoms with Crippen LogP contribution in [-0.2, 0) is 12.8 Å². The van der Waals surface area contributed by atoms with Crippen molar-refractivity contribution in [2.45, 2.75) is 18.9 Å². The summed E-state index contributed by atoms with van der Waals surface area (Å²) in [5.74, 6) is -0.610. The van der Waals surface area contributed by atoms with Crippen molar-refractivity contribution in [3.8, 4) is 5.75 Å². The Morgan fingerprint density at radius 3 is 2.35 bits per heavy atom. The van der Waals surface area contributed by atoms with Crippen LogP contribution in [0.3, 0.4) is 0 Å². The summed E-state index contributed by atoms with van der Waals surface area (Å²) >= 11 is 0. The van der Waals surface area contributed by atoms with E-state index in [2.05, 4.69) is 0 Å². The van der Waals surface area contributed by atoms with E-state index in [1.54, 1.807) is 18.2 Å². The lowest BCUT2D eigenvalue weighted by atomic mass is 10.0. The summed E-state index contributed by atoms with van der Waals surface area (Å²) in [6.45, 7) is 0. The lowest BCUT2D eigenvalue weighted by molar-refractivity contribution is 0.175. The van der Waals surface area contributed by atoms with E-state index < -0.39 is 11.9 Å². The van der Waals surface area contributed by atoms with Crippen LogP contribution in [0.2, 0.25) is 0 Å². The highest BCUT2D eigenvalue weighted by Crippen LogP contribution is 2.19. The fourth-order valence-corrected chi connectivity index (χ4v) is 2.12. The second kappa shape index (κ2) is 6.48. The van der Waals surface area contributed by atoms with Crippen LogP contribution in [0.15, 0.2) is 42.5 Å². The van der Waals surface area contributed by atoms with Crippen LogP contribution in [0.1, 0.15) is 11.1 Å². The second-order valence-electron chi connectivity index (χ2n) is 4.66. The molecule has 0 spiro atoms. The minimum absolute atomic E-state index is 0.174. The van der Waals surface area contributed by atoms with Gasteiger partial charge in [0.1, 0.15) is 5.82 Å². The van der Waals surface area contributed by atoms with Gasteiger partial charge >= 0.3 is 0 Å². The largest absolute Gasteiger partial charge is 0.494 e. The Labute approximate surface area is 116 Å². The third-order valence-corrected chi connectivity index (χ3v) is 3.05. The van der Waals surface area contributed by atoms with Crippen molar-refractivity contribution in [3.63, 3.8) is 0 Å². The fourth-order valence-electron chi connectivity index (χ4n) is 2.12. The molecule has 0 bridgehead atoms. The van der Waals surface area contributed by atoms with Crippen molar-refractivity contribution in [3.05, 3.63) is 65.2 Å². The van der Waals surface area contributed by atoms with Gasteiger partial charge in [-0.1, -0.05) is 18.2 Å². The molecule has 0 radical (unpaired) electrons. The van der Waals surface area contributed by atoms with Gasteiger partial charge in [0.05, 0.1) is 13.2 Å². The molecule has 0 heterocycles. The molecule has 0 aliphatic heterocycles. The SMILES string of the molecule is COc1ccc(CC(O)Cc2cccc(F)c2)cc1F. The first kappa shape index (κ1) is 14.5. The number of halogens is 2. The highest BCUT2D eigenvalue weighted by molar-refractivity contribution is 5.30. The average molecular weight is 278 g/mol. The number of hydrogen-bond donors (Lipinski definition) is 1. The molecule has 2 rings (SSSR count). The summed E-state index contributed by atoms with van der Waals surface area (Å²) in [4.78, 5) is 0. The van der Waals surface area contributed by atoms with E-state index in [9.17, 15) is 13.9 Å². The van der Waals surface area contributed by atoms with Gasteiger partial charge in [0.15, 0.2) is 11.6 Å². The van der Waals surface area contributed by atoms with E-state index in [4.69, 9.17) is 4.74 Å². The monoisotopic (exact) mass is 278 g/mol. The molecular formula is C16H16F2O2. The van der Waals surface area contributed by atoms with Crippen LogP contribution < -0.4 is 4.74 Å². The number of hydrogen-bond acceptors (Lipinski definition) is 2. The number of rotatable bonds is 5. The average Bonchev–Trinajstić information content (AvgIpc) is 2.38. The second-order valence-corrected chi connectivity index (χ2v) is 4.66. The minimum atomic E-state index is -0.690. The Morgan fingerprint density at radius 1 is 1.05 bits per heavy atom. The van der Waals surface area contributed by atoms with Crippen molar-refractivity contribution < 1.29 is 18.6 Å². The molecule has 1 N–H and O–H groups in total. The van der Waals surface area contributed by atoms with E-state index in [1.165, 1.54) is 31.4 Å². The lowest BCUT2D eigenvalue weighted by Gasteiger charge is -2.12. The molecule has 1 unspecified atom stereocenters. The maximum atomic E-state index is 13.5. The van der Waals surface area contributed by atoms with Gasteiger partial charge in [-0.3, -0.25) is 0 Å². The van der Waals surface area contributed by atoms with Crippen molar-refractivity contribution >= 4 is 0 Å². The number of methoxy groups -OCH3 is 1. The number of ether oxygens (including phenoxy) is 1. The van der Waals surface area contributed by atoms with Crippen molar-refractivity contribution in [2.75, 3.05) is 7.11 Å². The molecular weight excluding hydrogens is 262 g/mol. The van der Waals surface area contributed by atoms with E-state index in [0.717, 1.165) is 0 Å². The van der Waals surface area contributed by atoms with Gasteiger partial charge in [0.2, 0.25) is 0 Å². The topological polar surface area (TPSA) is 29.5 Å². The summed E-state index contributed by atoms with van der Waals surface area (Å²) in [7, 11) is 1.40. The molecule has 20 heavy (non-hydrogen) atoms. The summed E-state index contributed by atoms with van der Waals surface area (Å²) in [6.07, 6.45) is -0.0624. The third kappa shape index (κ3) is 3.78. The molecule has 0 saturated heterocycles. The molecule has 0 fully saturated rings. The van der Waals surface area contributed by atoms with Crippen LogP contribution >= 0.6 is 0 Å². The molecule has 4 heteroatoms. The predicted octanol–water partition coefficient (Wildman–Crippen LogP) is 3.12. The quantitative estimate of drug-likeness (QED) is 0.910. The normalized spacial score (nSPS) is 12.2. The Kier molecular flexibility index (Phi) is 4.69. The molecule has 2 aromatic carbocycles. The summed E-state index contributed by atoms with van der Waals surface area (Å²) in [5.41, 5.74) is 1.39. The molecule has 1 atom stereocenters. The van der Waals surface area contributed by atoms with E-state index in [0.29, 0.717) is 24.0 Å². The Bertz CT molecular complexity index is 584. The highest BCUT2D eigenvalue weighted by atomic mass is 19.1. The van der Waals surface area contributed by atoms with Gasteiger partial charge in [-0.2, -0.15) is 0 Å². The van der Waals surface area contributed by atoms with Crippen molar-refractivity contribution in [1.29, 1.82) is 0 Å². The maximum absolute atomic E-state index is 13.5. The minimum Gasteiger partial charge on any atom is -0.494 e. The maximum Gasteiger partial charge on any atom is 0.165 e. The fraction of sp³-hybridized carbons (Fsp3) is 0.250. The van der Waals surface area contributed by atoms with Gasteiger partial charge < -0.3 is 9.84 Å². The van der Waals surface area contributed by atoms with Crippen LogP contribution in [0.25, 0.3) is 0 Å². The van der Waals surface area contributed by atoms with Gasteiger partial charge in [-0.25, -0.2) is 8.78 Å². The zero-order valence-electron chi connectivity index (χ0n) is 11.1. The standard InChI is InChI=1S/C16H16F2O2/c1-20-16-6-5-12(10-15(16)18)9-14(19)8-11-3-2-4-13(17)7-11/h2-7,10,14,19H,8-9H2,1H3. The van der Waals surface area contributed by atoms with Crippen LogP contribution in [-0.4, -0.2) is 18.3 Å². The zero-order valence-corrected chi connectivity index (χ0v) is 11.1. The highest BCUT2D eigenvalue weighted by Gasteiger charge is 2.10. The van der Waals surface area contributed by atoms with Gasteiger partial charge in [0.25, 0.3) is 0 Å². The molecule has 0 saturated carbocycles. The predicted molar refractivity (Wildman–Crippen MR) is 72.8 cm³/mol. The van der Waals surface area contributed by atoms with Gasteiger partial charge in [0, 0.05) is 0 Å². The van der Waals surface area contributed by atoms with Gasteiger partial charge in [-0.05, 0) is 48.2 Å². The smallest absolute Gasteiger partial charge is 0.165 e. The third-order valence-electron chi connectivity index (χ3n) is 3.05. The van der Waals surface area contributed by atoms with E-state index in [1.807, 2.05) is 0 Å². The summed E-state index contributed by atoms with van der Waals surface area (Å²) in [6, 6.07) is 10.7. The summed E-state index contributed by atoms with van der Waals surface area (Å²) < 4.78 is 31.4. The van der Waals surface area contributed by atoms with E-state index in [-0.39, 0.29) is 11.6 Å². The number of aliphatic hydroxyl groups is 1. The number of benzene rings is 2. The van der Waals surface area contributed by atoms with Crippen molar-refractivity contribution in [2.24, 2.45) is 0 Å². The Balaban J connectivity index is 2.01. The molecule has 0 amide bonds. The molecule has 106 valence electrons. The van der Waals surface area contributed by atoms with E-state index >= 15 is 0 Å². The molecule has 2 nitrogen and oxygen atoms in total. The van der Waals surface area contributed by atoms with Crippen LogP contribution in [0.4, 0.5) is 8.78 Å². The Hall–Kier alpha value is -1.94. The molecule has 0 aliphatic carbocycles. The first-order chi connectivity index (χ1) is 9.58. The van der Waals surface area contributed by atoms with Crippen LogP contribution in [0, 0.1) is 11.6 Å². The molecule has 2 aromatic rings. The molecule has 0 aromatic heterocycles. The van der Waals surface area contributed by atoms with Gasteiger partial charge in [-0.15, -0.1) is 0 Å². The summed E-state index contributed by atoms with van der Waals surface area (Å²) in [5, 5.41) is 9.99. The lowest BCUT2D eigenvalue weighted by Crippen LogP contribution is -2.14. The van der Waals surface area contributed by atoms with Crippen molar-refractivity contribution in [1.82, 2.24) is 0 Å². The zero-order chi connectivity index (χ0) is 14.5. The molecule has 0 aliphatic rings. The number of aliphatic hydroxyl groups excluding tert-OH is 1. The first-order valence-corrected chi connectivity index (χ1v) is 6.33. The van der Waals surface area contributed by atoms with Crippen LogP contribution in [0.5, 0.6) is 5.75 Å². The Morgan fingerprint density at radius 2 is 1.75 bits per heavy atom.